The van der Waals surface area contributed by atoms with Crippen LogP contribution in [0.15, 0.2) is 0 Å². The van der Waals surface area contributed by atoms with Crippen molar-refractivity contribution in [2.24, 2.45) is 0 Å². The minimum Gasteiger partial charge on any atom is -0.854 e. The van der Waals surface area contributed by atoms with Gasteiger partial charge in [-0.25, -0.2) is 10.1 Å². The summed E-state index contributed by atoms with van der Waals surface area (Å²) < 4.78 is 0. The molecule has 0 spiro atoms. The van der Waals surface area contributed by atoms with Crippen LogP contribution in [0, 0.1) is 0 Å². The average Bonchev–Trinajstić information content (AvgIpc) is 1.31. The summed E-state index contributed by atoms with van der Waals surface area (Å²) in [7, 11) is -0.618. The van der Waals surface area contributed by atoms with E-state index in [1.54, 1.807) is 12.5 Å². The summed E-state index contributed by atoms with van der Waals surface area (Å²) in [4.78, 5) is 20.4. The zero-order valence-corrected chi connectivity index (χ0v) is 7.85. The van der Waals surface area contributed by atoms with Crippen molar-refractivity contribution in [3.8, 4) is 0 Å². The molecule has 6 heteroatoms. The largest absolute Gasteiger partial charge is 0.854 e. The van der Waals surface area contributed by atoms with Crippen LogP contribution in [-0.4, -0.2) is 12.5 Å². The second kappa shape index (κ2) is 4.40. The zero-order chi connectivity index (χ0) is 6.08. The first kappa shape index (κ1) is 12.3. The fourth-order valence-corrected chi connectivity index (χ4v) is 0. The van der Waals surface area contributed by atoms with Crippen LogP contribution >= 0.6 is 5.69 Å². The van der Waals surface area contributed by atoms with E-state index in [9.17, 15) is 9.79 Å². The maximum absolute atomic E-state index is 10.2. The van der Waals surface area contributed by atoms with E-state index in [1.165, 1.54) is 0 Å². The fourth-order valence-electron chi connectivity index (χ4n) is 0. The molecular weight excluding hydrogens is 215 g/mol. The first-order chi connectivity index (χ1) is 2.94. The molecule has 57 valence electrons. The van der Waals surface area contributed by atoms with E-state index in [0.717, 1.165) is 0 Å². The molecule has 0 saturated carbocycles. The van der Waals surface area contributed by atoms with E-state index in [1.807, 2.05) is 0 Å². The van der Waals surface area contributed by atoms with Gasteiger partial charge in [-0.05, 0) is 12.5 Å². The van der Waals surface area contributed by atoms with Crippen molar-refractivity contribution in [1.29, 1.82) is 0 Å². The van der Waals surface area contributed by atoms with Gasteiger partial charge in [0.15, 0.2) is 0 Å². The van der Waals surface area contributed by atoms with Gasteiger partial charge < -0.3 is 27.7 Å². The SMILES string of the molecule is CS(C)=P([O-])([O-])[S-].[Cu]. The summed E-state index contributed by atoms with van der Waals surface area (Å²) >= 11 is 4.12. The van der Waals surface area contributed by atoms with Crippen molar-refractivity contribution >= 4 is 28.0 Å². The molecule has 0 aliphatic carbocycles. The topological polar surface area (TPSA) is 46.1 Å². The molecule has 0 aromatic carbocycles. The summed E-state index contributed by atoms with van der Waals surface area (Å²) in [6.07, 6.45) is 3.20. The Balaban J connectivity index is 0. The molecule has 0 amide bonds. The quantitative estimate of drug-likeness (QED) is 0.293. The minimum absolute atomic E-state index is 0. The first-order valence-corrected chi connectivity index (χ1v) is 6.83. The number of hydrogen-bond donors (Lipinski definition) is 0. The second-order valence-corrected chi connectivity index (χ2v) is 9.43. The Morgan fingerprint density at radius 1 is 1.38 bits per heavy atom. The summed E-state index contributed by atoms with van der Waals surface area (Å²) in [6.45, 7) is 0. The maximum atomic E-state index is 10.2. The van der Waals surface area contributed by atoms with E-state index in [0.29, 0.717) is 0 Å². The molecule has 0 aliphatic heterocycles. The molecule has 0 aromatic rings. The molecule has 0 N–H and O–H groups in total. The van der Waals surface area contributed by atoms with Gasteiger partial charge in [0.25, 0.3) is 0 Å². The molecule has 0 atom stereocenters. The molecule has 0 aromatic heterocycles. The van der Waals surface area contributed by atoms with Crippen molar-refractivity contribution in [2.45, 2.75) is 0 Å². The molecule has 1 radical (unpaired) electrons. The van der Waals surface area contributed by atoms with Gasteiger partial charge >= 0.3 is 0 Å². The van der Waals surface area contributed by atoms with Crippen LogP contribution in [0.2, 0.25) is 0 Å². The van der Waals surface area contributed by atoms with Gasteiger partial charge in [0.1, 0.15) is 0 Å². The van der Waals surface area contributed by atoms with E-state index in [4.69, 9.17) is 0 Å². The van der Waals surface area contributed by atoms with Crippen LogP contribution in [-0.2, 0) is 39.4 Å². The number of hydrogen-bond acceptors (Lipinski definition) is 3. The number of rotatable bonds is 0. The molecule has 0 rings (SSSR count). The van der Waals surface area contributed by atoms with Crippen LogP contribution in [0.5, 0.6) is 0 Å². The van der Waals surface area contributed by atoms with Crippen LogP contribution in [0.3, 0.4) is 0 Å². The molecule has 2 nitrogen and oxygen atoms in total. The first-order valence-electron chi connectivity index (χ1n) is 1.55. The Labute approximate surface area is 67.4 Å². The summed E-state index contributed by atoms with van der Waals surface area (Å²) in [5.41, 5.74) is -3.38. The molecule has 0 saturated heterocycles. The summed E-state index contributed by atoms with van der Waals surface area (Å²) in [6, 6.07) is 0. The van der Waals surface area contributed by atoms with Gasteiger partial charge in [-0.15, -0.1) is 0 Å². The van der Waals surface area contributed by atoms with Crippen molar-refractivity contribution in [2.75, 3.05) is 12.5 Å². The van der Waals surface area contributed by atoms with Crippen LogP contribution in [0.1, 0.15) is 0 Å². The van der Waals surface area contributed by atoms with Gasteiger partial charge in [-0.2, -0.15) is 0 Å². The Bertz CT molecular complexity index is 107. The van der Waals surface area contributed by atoms with E-state index in [-0.39, 0.29) is 17.1 Å². The minimum atomic E-state index is -3.38. The predicted molar refractivity (Wildman–Crippen MR) is 33.5 cm³/mol. The smallest absolute Gasteiger partial charge is 0 e. The van der Waals surface area contributed by atoms with Crippen molar-refractivity contribution in [3.63, 3.8) is 0 Å². The van der Waals surface area contributed by atoms with Gasteiger partial charge in [0, 0.05) is 17.1 Å². The van der Waals surface area contributed by atoms with Crippen molar-refractivity contribution < 1.29 is 26.9 Å². The van der Waals surface area contributed by atoms with E-state index < -0.39 is 15.8 Å². The molecule has 0 heterocycles. The van der Waals surface area contributed by atoms with Crippen LogP contribution < -0.4 is 9.79 Å². The summed E-state index contributed by atoms with van der Waals surface area (Å²) in [5.74, 6) is 0. The standard InChI is InChI=1S/C2H6O2PS2.Cu/c1-7(2)5(3,4)6;/h1-2H3;/q-3;. The Morgan fingerprint density at radius 3 is 1.50 bits per heavy atom. The third-order valence-corrected chi connectivity index (χ3v) is 6.71. The molecule has 0 unspecified atom stereocenters. The molecular formula is C2H6CuO2PS2-3. The van der Waals surface area contributed by atoms with E-state index in [2.05, 4.69) is 12.2 Å². The van der Waals surface area contributed by atoms with Crippen molar-refractivity contribution in [3.05, 3.63) is 0 Å². The van der Waals surface area contributed by atoms with Gasteiger partial charge in [-0.3, -0.25) is 0 Å². The molecule has 0 fully saturated rings. The average molecular weight is 221 g/mol. The van der Waals surface area contributed by atoms with Crippen LogP contribution in [0.4, 0.5) is 0 Å². The van der Waals surface area contributed by atoms with Gasteiger partial charge in [0.2, 0.25) is 0 Å². The summed E-state index contributed by atoms with van der Waals surface area (Å²) in [5, 5.41) is 0. The molecule has 8 heavy (non-hydrogen) atoms. The normalized spacial score (nSPS) is 11.2. The second-order valence-electron chi connectivity index (χ2n) is 1.22. The fraction of sp³-hybridized carbons (Fsp3) is 1.00. The molecule has 0 aliphatic rings. The monoisotopic (exact) mass is 220 g/mol. The van der Waals surface area contributed by atoms with Gasteiger partial charge in [0.05, 0.1) is 0 Å². The predicted octanol–water partition coefficient (Wildman–Crippen LogP) is -1.19. The van der Waals surface area contributed by atoms with E-state index >= 15 is 0 Å². The third-order valence-electron chi connectivity index (χ3n) is 0.447. The Kier molecular flexibility index (Phi) is 6.74. The zero-order valence-electron chi connectivity index (χ0n) is 4.38. The van der Waals surface area contributed by atoms with Crippen LogP contribution in [0.25, 0.3) is 0 Å². The Hall–Kier alpha value is 1.57. The maximum Gasteiger partial charge on any atom is 0 e. The molecule has 0 bridgehead atoms. The Morgan fingerprint density at radius 2 is 1.50 bits per heavy atom. The van der Waals surface area contributed by atoms with Crippen molar-refractivity contribution in [1.82, 2.24) is 0 Å². The third kappa shape index (κ3) is 5.70. The van der Waals surface area contributed by atoms with Gasteiger partial charge in [-0.1, -0.05) is 0 Å².